The molecule has 2 heterocycles. The van der Waals surface area contributed by atoms with Gasteiger partial charge in [-0.3, -0.25) is 14.5 Å². The van der Waals surface area contributed by atoms with Crippen LogP contribution in [-0.4, -0.2) is 64.0 Å². The van der Waals surface area contributed by atoms with Crippen LogP contribution < -0.4 is 0 Å². The van der Waals surface area contributed by atoms with E-state index in [1.165, 1.54) is 0 Å². The Morgan fingerprint density at radius 3 is 2.78 bits per heavy atom. The number of amides is 1. The summed E-state index contributed by atoms with van der Waals surface area (Å²) in [5.74, 6) is -1.40. The number of carbonyl (C=O) groups is 2. The molecule has 0 bridgehead atoms. The third kappa shape index (κ3) is 3.01. The number of carboxylic acids is 1. The molecule has 0 aromatic rings. The second kappa shape index (κ2) is 5.68. The molecule has 2 fully saturated rings. The van der Waals surface area contributed by atoms with Gasteiger partial charge >= 0.3 is 5.97 Å². The monoisotopic (exact) mass is 288 g/mol. The van der Waals surface area contributed by atoms with Crippen LogP contribution in [0.2, 0.25) is 0 Å². The van der Waals surface area contributed by atoms with Crippen molar-refractivity contribution in [2.75, 3.05) is 32.8 Å². The first-order chi connectivity index (χ1) is 8.58. The minimum atomic E-state index is -1.07. The number of nitrogens with zero attached hydrogens (tertiary/aromatic N) is 2. The molecule has 0 spiro atoms. The third-order valence-corrected chi connectivity index (χ3v) is 3.88. The fourth-order valence-electron chi connectivity index (χ4n) is 1.63. The fourth-order valence-corrected chi connectivity index (χ4v) is 2.90. The SMILES string of the molecule is O=C(O)CN1C(=O)/C(=C/N2CCOCC2)SC1=S. The molecule has 18 heavy (non-hydrogen) atoms. The molecule has 0 aromatic carbocycles. The maximum atomic E-state index is 12.0. The van der Waals surface area contributed by atoms with Crippen LogP contribution >= 0.6 is 24.0 Å². The van der Waals surface area contributed by atoms with E-state index in [2.05, 4.69) is 0 Å². The van der Waals surface area contributed by atoms with E-state index in [1.807, 2.05) is 4.90 Å². The van der Waals surface area contributed by atoms with E-state index in [1.54, 1.807) is 6.20 Å². The standard InChI is InChI=1S/C10H12N2O4S2/c13-8(14)6-12-9(15)7(18-10(12)17)5-11-1-3-16-4-2-11/h5H,1-4,6H2,(H,13,14)/b7-5-. The molecule has 0 unspecified atom stereocenters. The topological polar surface area (TPSA) is 70.1 Å². The number of morpholine rings is 1. The fraction of sp³-hybridized carbons (Fsp3) is 0.500. The summed E-state index contributed by atoms with van der Waals surface area (Å²) >= 11 is 6.14. The summed E-state index contributed by atoms with van der Waals surface area (Å²) in [6.07, 6.45) is 1.74. The van der Waals surface area contributed by atoms with E-state index in [9.17, 15) is 9.59 Å². The zero-order chi connectivity index (χ0) is 13.1. The molecule has 2 rings (SSSR count). The van der Waals surface area contributed by atoms with Gasteiger partial charge in [0.15, 0.2) is 0 Å². The third-order valence-electron chi connectivity index (χ3n) is 2.51. The summed E-state index contributed by atoms with van der Waals surface area (Å²) in [6.45, 7) is 2.33. The first-order valence-electron chi connectivity index (χ1n) is 5.37. The van der Waals surface area contributed by atoms with Crippen molar-refractivity contribution in [2.45, 2.75) is 0 Å². The summed E-state index contributed by atoms with van der Waals surface area (Å²) in [5, 5.41) is 8.71. The summed E-state index contributed by atoms with van der Waals surface area (Å²) in [6, 6.07) is 0. The van der Waals surface area contributed by atoms with Crippen molar-refractivity contribution < 1.29 is 19.4 Å². The van der Waals surface area contributed by atoms with Crippen molar-refractivity contribution in [2.24, 2.45) is 0 Å². The van der Waals surface area contributed by atoms with E-state index < -0.39 is 5.97 Å². The van der Waals surface area contributed by atoms with Crippen molar-refractivity contribution in [3.05, 3.63) is 11.1 Å². The number of carbonyl (C=O) groups excluding carboxylic acids is 1. The van der Waals surface area contributed by atoms with Gasteiger partial charge in [0, 0.05) is 19.3 Å². The molecular formula is C10H12N2O4S2. The molecular weight excluding hydrogens is 276 g/mol. The number of hydrogen-bond acceptors (Lipinski definition) is 6. The average molecular weight is 288 g/mol. The minimum Gasteiger partial charge on any atom is -0.480 e. The van der Waals surface area contributed by atoms with Crippen LogP contribution in [0.3, 0.4) is 0 Å². The van der Waals surface area contributed by atoms with E-state index >= 15 is 0 Å². The van der Waals surface area contributed by atoms with Gasteiger partial charge in [0.2, 0.25) is 0 Å². The average Bonchev–Trinajstić information content (AvgIpc) is 2.58. The number of thiocarbonyl (C=S) groups is 1. The molecule has 8 heteroatoms. The number of ether oxygens (including phenoxy) is 1. The van der Waals surface area contributed by atoms with Crippen LogP contribution in [0.15, 0.2) is 11.1 Å². The van der Waals surface area contributed by atoms with Crippen molar-refractivity contribution >= 4 is 40.2 Å². The van der Waals surface area contributed by atoms with Gasteiger partial charge in [-0.2, -0.15) is 0 Å². The molecule has 2 aliphatic rings. The van der Waals surface area contributed by atoms with E-state index in [0.29, 0.717) is 22.4 Å². The van der Waals surface area contributed by atoms with E-state index in [0.717, 1.165) is 29.8 Å². The summed E-state index contributed by atoms with van der Waals surface area (Å²) < 4.78 is 5.50. The van der Waals surface area contributed by atoms with Gasteiger partial charge in [-0.05, 0) is 0 Å². The van der Waals surface area contributed by atoms with Crippen LogP contribution in [0, 0.1) is 0 Å². The van der Waals surface area contributed by atoms with Crippen LogP contribution in [0.4, 0.5) is 0 Å². The molecule has 6 nitrogen and oxygen atoms in total. The quantitative estimate of drug-likeness (QED) is 0.583. The Morgan fingerprint density at radius 2 is 2.17 bits per heavy atom. The summed E-state index contributed by atoms with van der Waals surface area (Å²) in [5.41, 5.74) is 0. The lowest BCUT2D eigenvalue weighted by Crippen LogP contribution is -2.35. The second-order valence-corrected chi connectivity index (χ2v) is 5.47. The van der Waals surface area contributed by atoms with Crippen LogP contribution in [0.5, 0.6) is 0 Å². The molecule has 1 amide bonds. The van der Waals surface area contributed by atoms with Crippen molar-refractivity contribution in [3.8, 4) is 0 Å². The highest BCUT2D eigenvalue weighted by Gasteiger charge is 2.33. The highest BCUT2D eigenvalue weighted by atomic mass is 32.2. The normalized spacial score (nSPS) is 23.0. The van der Waals surface area contributed by atoms with Gasteiger partial charge in [-0.15, -0.1) is 0 Å². The molecule has 0 radical (unpaired) electrons. The zero-order valence-electron chi connectivity index (χ0n) is 9.50. The maximum absolute atomic E-state index is 12.0. The predicted octanol–water partition coefficient (Wildman–Crippen LogP) is 0.105. The molecule has 0 aliphatic carbocycles. The lowest BCUT2D eigenvalue weighted by Gasteiger charge is -2.25. The molecule has 1 N–H and O–H groups in total. The molecule has 98 valence electrons. The van der Waals surface area contributed by atoms with Gasteiger partial charge in [-0.1, -0.05) is 24.0 Å². The van der Waals surface area contributed by atoms with Gasteiger partial charge in [0.25, 0.3) is 5.91 Å². The van der Waals surface area contributed by atoms with Gasteiger partial charge in [-0.25, -0.2) is 0 Å². The van der Waals surface area contributed by atoms with Gasteiger partial charge in [0.05, 0.1) is 18.1 Å². The Hall–Kier alpha value is -1.12. The lowest BCUT2D eigenvalue weighted by molar-refractivity contribution is -0.140. The number of rotatable bonds is 3. The predicted molar refractivity (Wildman–Crippen MR) is 70.0 cm³/mol. The van der Waals surface area contributed by atoms with Crippen LogP contribution in [0.25, 0.3) is 0 Å². The van der Waals surface area contributed by atoms with E-state index in [4.69, 9.17) is 22.1 Å². The van der Waals surface area contributed by atoms with E-state index in [-0.39, 0.29) is 12.5 Å². The second-order valence-electron chi connectivity index (χ2n) is 3.79. The Morgan fingerprint density at radius 1 is 1.50 bits per heavy atom. The molecule has 2 aliphatic heterocycles. The molecule has 0 saturated carbocycles. The summed E-state index contributed by atoms with van der Waals surface area (Å²) in [4.78, 5) is 26.2. The summed E-state index contributed by atoms with van der Waals surface area (Å²) in [7, 11) is 0. The zero-order valence-corrected chi connectivity index (χ0v) is 11.1. The molecule has 0 aromatic heterocycles. The largest absolute Gasteiger partial charge is 0.480 e. The Balaban J connectivity index is 2.06. The first-order valence-corrected chi connectivity index (χ1v) is 6.59. The maximum Gasteiger partial charge on any atom is 0.323 e. The molecule has 2 saturated heterocycles. The molecule has 0 atom stereocenters. The highest BCUT2D eigenvalue weighted by molar-refractivity contribution is 8.26. The number of carboxylic acid groups (broad SMARTS) is 1. The number of hydrogen-bond donors (Lipinski definition) is 1. The number of thioether (sulfide) groups is 1. The van der Waals surface area contributed by atoms with Gasteiger partial charge in [0.1, 0.15) is 10.9 Å². The van der Waals surface area contributed by atoms with Crippen LogP contribution in [-0.2, 0) is 14.3 Å². The smallest absolute Gasteiger partial charge is 0.323 e. The highest BCUT2D eigenvalue weighted by Crippen LogP contribution is 2.31. The first kappa shape index (κ1) is 13.3. The Kier molecular flexibility index (Phi) is 4.20. The Labute approximate surface area is 114 Å². The van der Waals surface area contributed by atoms with Crippen molar-refractivity contribution in [3.63, 3.8) is 0 Å². The van der Waals surface area contributed by atoms with Crippen LogP contribution in [0.1, 0.15) is 0 Å². The Bertz CT molecular complexity index is 418. The lowest BCUT2D eigenvalue weighted by atomic mass is 10.4. The number of aliphatic carboxylic acids is 1. The van der Waals surface area contributed by atoms with Crippen molar-refractivity contribution in [1.82, 2.24) is 9.80 Å². The van der Waals surface area contributed by atoms with Gasteiger partial charge < -0.3 is 14.7 Å². The van der Waals surface area contributed by atoms with Crippen molar-refractivity contribution in [1.29, 1.82) is 0 Å². The minimum absolute atomic E-state index is 0.293.